The van der Waals surface area contributed by atoms with E-state index in [1.54, 1.807) is 11.9 Å². The number of hydrogen-bond acceptors (Lipinski definition) is 3. The van der Waals surface area contributed by atoms with Gasteiger partial charge >= 0.3 is 0 Å². The molecule has 20 heavy (non-hydrogen) atoms. The van der Waals surface area contributed by atoms with Crippen molar-refractivity contribution in [2.75, 3.05) is 7.05 Å². The Morgan fingerprint density at radius 2 is 1.65 bits per heavy atom. The third kappa shape index (κ3) is 3.24. The molecule has 1 aliphatic rings. The summed E-state index contributed by atoms with van der Waals surface area (Å²) in [6, 6.07) is 4.25. The lowest BCUT2D eigenvalue weighted by molar-refractivity contribution is 0.0634. The fourth-order valence-electron chi connectivity index (χ4n) is 2.86. The first-order valence-corrected chi connectivity index (χ1v) is 7.09. The zero-order chi connectivity index (χ0) is 14.9. The summed E-state index contributed by atoms with van der Waals surface area (Å²) in [4.78, 5) is 14.2. The van der Waals surface area contributed by atoms with Crippen molar-refractivity contribution in [2.45, 2.75) is 45.6 Å². The molecule has 0 bridgehead atoms. The number of phenolic OH excluding ortho intramolecular Hbond substituents is 2. The minimum atomic E-state index is -0.152. The average molecular weight is 277 g/mol. The van der Waals surface area contributed by atoms with Crippen LogP contribution in [0.5, 0.6) is 11.5 Å². The van der Waals surface area contributed by atoms with E-state index in [9.17, 15) is 15.0 Å². The van der Waals surface area contributed by atoms with Crippen molar-refractivity contribution in [2.24, 2.45) is 5.41 Å². The highest BCUT2D eigenvalue weighted by molar-refractivity contribution is 5.95. The maximum Gasteiger partial charge on any atom is 0.254 e. The lowest BCUT2D eigenvalue weighted by Gasteiger charge is -2.38. The van der Waals surface area contributed by atoms with Gasteiger partial charge in [-0.2, -0.15) is 0 Å². The lowest BCUT2D eigenvalue weighted by Crippen LogP contribution is -2.40. The van der Waals surface area contributed by atoms with E-state index in [2.05, 4.69) is 13.8 Å². The van der Waals surface area contributed by atoms with E-state index in [0.29, 0.717) is 11.0 Å². The smallest absolute Gasteiger partial charge is 0.254 e. The molecule has 1 aliphatic carbocycles. The van der Waals surface area contributed by atoms with Gasteiger partial charge in [-0.25, -0.2) is 0 Å². The SMILES string of the molecule is CN(C(=O)c1cc(O)cc(O)c1)C1CCC(C)(C)CC1. The van der Waals surface area contributed by atoms with Crippen molar-refractivity contribution in [3.63, 3.8) is 0 Å². The van der Waals surface area contributed by atoms with Crippen molar-refractivity contribution < 1.29 is 15.0 Å². The van der Waals surface area contributed by atoms with Gasteiger partial charge in [0.05, 0.1) is 0 Å². The van der Waals surface area contributed by atoms with Crippen LogP contribution in [0.25, 0.3) is 0 Å². The molecule has 2 N–H and O–H groups in total. The Hall–Kier alpha value is -1.71. The van der Waals surface area contributed by atoms with Crippen LogP contribution in [0, 0.1) is 5.41 Å². The van der Waals surface area contributed by atoms with E-state index in [-0.39, 0.29) is 23.4 Å². The van der Waals surface area contributed by atoms with Crippen LogP contribution in [-0.4, -0.2) is 34.1 Å². The molecule has 0 radical (unpaired) electrons. The molecular formula is C16H23NO3. The zero-order valence-electron chi connectivity index (χ0n) is 12.4. The van der Waals surface area contributed by atoms with Gasteiger partial charge in [0.25, 0.3) is 5.91 Å². The molecular weight excluding hydrogens is 254 g/mol. The maximum absolute atomic E-state index is 12.4. The Balaban J connectivity index is 2.09. The summed E-state index contributed by atoms with van der Waals surface area (Å²) in [5, 5.41) is 18.9. The summed E-state index contributed by atoms with van der Waals surface area (Å²) in [5.41, 5.74) is 0.693. The van der Waals surface area contributed by atoms with E-state index in [1.807, 2.05) is 0 Å². The Kier molecular flexibility index (Phi) is 3.93. The standard InChI is InChI=1S/C16H23NO3/c1-16(2)6-4-12(5-7-16)17(3)15(20)11-8-13(18)10-14(19)9-11/h8-10,12,18-19H,4-7H2,1-3H3. The van der Waals surface area contributed by atoms with Crippen LogP contribution in [0.3, 0.4) is 0 Å². The molecule has 1 amide bonds. The van der Waals surface area contributed by atoms with Crippen molar-refractivity contribution in [1.29, 1.82) is 0 Å². The molecule has 0 spiro atoms. The molecule has 1 fully saturated rings. The summed E-state index contributed by atoms with van der Waals surface area (Å²) in [7, 11) is 1.80. The second-order valence-corrected chi connectivity index (χ2v) is 6.55. The summed E-state index contributed by atoms with van der Waals surface area (Å²) in [5.74, 6) is -0.334. The average Bonchev–Trinajstić information content (AvgIpc) is 2.36. The highest BCUT2D eigenvalue weighted by atomic mass is 16.3. The first kappa shape index (κ1) is 14.7. The third-order valence-corrected chi connectivity index (χ3v) is 4.33. The van der Waals surface area contributed by atoms with Gasteiger partial charge in [-0.05, 0) is 43.2 Å². The molecule has 1 aromatic rings. The molecule has 0 aromatic heterocycles. The normalized spacial score (nSPS) is 18.8. The molecule has 0 saturated heterocycles. The van der Waals surface area contributed by atoms with Gasteiger partial charge in [0.2, 0.25) is 0 Å². The van der Waals surface area contributed by atoms with Crippen LogP contribution < -0.4 is 0 Å². The fourth-order valence-corrected chi connectivity index (χ4v) is 2.86. The second-order valence-electron chi connectivity index (χ2n) is 6.55. The first-order valence-electron chi connectivity index (χ1n) is 7.09. The van der Waals surface area contributed by atoms with Crippen LogP contribution >= 0.6 is 0 Å². The summed E-state index contributed by atoms with van der Waals surface area (Å²) in [6.45, 7) is 4.52. The highest BCUT2D eigenvalue weighted by Crippen LogP contribution is 2.37. The van der Waals surface area contributed by atoms with Crippen molar-refractivity contribution in [1.82, 2.24) is 4.90 Å². The molecule has 1 aromatic carbocycles. The molecule has 0 unspecified atom stereocenters. The molecule has 0 heterocycles. The second kappa shape index (κ2) is 5.35. The van der Waals surface area contributed by atoms with E-state index < -0.39 is 0 Å². The number of carbonyl (C=O) groups is 1. The van der Waals surface area contributed by atoms with Crippen LogP contribution in [0.4, 0.5) is 0 Å². The quantitative estimate of drug-likeness (QED) is 0.873. The predicted octanol–water partition coefficient (Wildman–Crippen LogP) is 3.14. The van der Waals surface area contributed by atoms with Gasteiger partial charge in [-0.1, -0.05) is 13.8 Å². The number of carbonyl (C=O) groups excluding carboxylic acids is 1. The van der Waals surface area contributed by atoms with Gasteiger partial charge in [0, 0.05) is 24.7 Å². The number of benzene rings is 1. The largest absolute Gasteiger partial charge is 0.508 e. The summed E-state index contributed by atoms with van der Waals surface area (Å²) < 4.78 is 0. The Labute approximate surface area is 120 Å². The molecule has 110 valence electrons. The van der Waals surface area contributed by atoms with Crippen molar-refractivity contribution in [3.05, 3.63) is 23.8 Å². The Morgan fingerprint density at radius 3 is 2.15 bits per heavy atom. The number of hydrogen-bond donors (Lipinski definition) is 2. The van der Waals surface area contributed by atoms with Crippen molar-refractivity contribution >= 4 is 5.91 Å². The third-order valence-electron chi connectivity index (χ3n) is 4.33. The molecule has 1 saturated carbocycles. The van der Waals surface area contributed by atoms with E-state index in [1.165, 1.54) is 18.2 Å². The minimum Gasteiger partial charge on any atom is -0.508 e. The molecule has 0 aliphatic heterocycles. The van der Waals surface area contributed by atoms with Gasteiger partial charge in [-0.15, -0.1) is 0 Å². The molecule has 4 heteroatoms. The number of amides is 1. The maximum atomic E-state index is 12.4. The van der Waals surface area contributed by atoms with Crippen LogP contribution in [0.15, 0.2) is 18.2 Å². The summed E-state index contributed by atoms with van der Waals surface area (Å²) >= 11 is 0. The van der Waals surface area contributed by atoms with Gasteiger partial charge < -0.3 is 15.1 Å². The minimum absolute atomic E-state index is 0.0912. The van der Waals surface area contributed by atoms with Crippen LogP contribution in [0.1, 0.15) is 49.9 Å². The number of nitrogens with zero attached hydrogens (tertiary/aromatic N) is 1. The zero-order valence-corrected chi connectivity index (χ0v) is 12.4. The van der Waals surface area contributed by atoms with Gasteiger partial charge in [0.1, 0.15) is 11.5 Å². The Bertz CT molecular complexity index is 480. The van der Waals surface area contributed by atoms with Gasteiger partial charge in [-0.3, -0.25) is 4.79 Å². The highest BCUT2D eigenvalue weighted by Gasteiger charge is 2.30. The molecule has 2 rings (SSSR count). The van der Waals surface area contributed by atoms with Crippen LogP contribution in [0.2, 0.25) is 0 Å². The fraction of sp³-hybridized carbons (Fsp3) is 0.562. The van der Waals surface area contributed by atoms with E-state index in [0.717, 1.165) is 25.7 Å². The predicted molar refractivity (Wildman–Crippen MR) is 77.9 cm³/mol. The number of phenols is 2. The molecule has 0 atom stereocenters. The van der Waals surface area contributed by atoms with E-state index >= 15 is 0 Å². The monoisotopic (exact) mass is 277 g/mol. The van der Waals surface area contributed by atoms with Gasteiger partial charge in [0.15, 0.2) is 0 Å². The molecule has 4 nitrogen and oxygen atoms in total. The summed E-state index contributed by atoms with van der Waals surface area (Å²) in [6.07, 6.45) is 4.22. The number of rotatable bonds is 2. The van der Waals surface area contributed by atoms with E-state index in [4.69, 9.17) is 0 Å². The topological polar surface area (TPSA) is 60.8 Å². The van der Waals surface area contributed by atoms with Crippen molar-refractivity contribution in [3.8, 4) is 11.5 Å². The van der Waals surface area contributed by atoms with Crippen LogP contribution in [-0.2, 0) is 0 Å². The number of aromatic hydroxyl groups is 2. The lowest BCUT2D eigenvalue weighted by atomic mass is 9.75. The Morgan fingerprint density at radius 1 is 1.15 bits per heavy atom. The first-order chi connectivity index (χ1) is 9.28.